The van der Waals surface area contributed by atoms with Crippen molar-refractivity contribution in [3.8, 4) is 0 Å². The van der Waals surface area contributed by atoms with E-state index in [-0.39, 0.29) is 22.7 Å². The highest BCUT2D eigenvalue weighted by Gasteiger charge is 2.08. The van der Waals surface area contributed by atoms with Crippen molar-refractivity contribution in [3.05, 3.63) is 50.3 Å². The van der Waals surface area contributed by atoms with Crippen LogP contribution in [0.25, 0.3) is 0 Å². The minimum atomic E-state index is -0.633. The predicted octanol–water partition coefficient (Wildman–Crippen LogP) is 1.09. The maximum atomic E-state index is 13.2. The average molecular weight is 267 g/mol. The number of amides is 1. The molecule has 94 valence electrons. The van der Waals surface area contributed by atoms with Gasteiger partial charge < -0.3 is 16.0 Å². The number of nitrogen functional groups attached to an aromatic ring is 1. The third-order valence-electron chi connectivity index (χ3n) is 2.27. The Bertz CT molecular complexity index is 635. The van der Waals surface area contributed by atoms with Crippen molar-refractivity contribution in [2.75, 3.05) is 5.73 Å². The Morgan fingerprint density at radius 3 is 2.89 bits per heavy atom. The molecule has 2 rings (SSSR count). The number of H-pyrrole nitrogens is 1. The highest BCUT2D eigenvalue weighted by molar-refractivity contribution is 7.07. The Hall–Kier alpha value is -2.15. The summed E-state index contributed by atoms with van der Waals surface area (Å²) in [7, 11) is 0. The van der Waals surface area contributed by atoms with Crippen LogP contribution >= 0.6 is 11.3 Å². The molecule has 0 unspecified atom stereocenters. The molecule has 0 fully saturated rings. The average Bonchev–Trinajstić information content (AvgIpc) is 2.75. The largest absolute Gasteiger partial charge is 0.396 e. The van der Waals surface area contributed by atoms with Crippen LogP contribution in [0.4, 0.5) is 10.1 Å². The second-order valence-corrected chi connectivity index (χ2v) is 4.43. The Morgan fingerprint density at radius 2 is 2.28 bits per heavy atom. The summed E-state index contributed by atoms with van der Waals surface area (Å²) in [5, 5.41) is 4.18. The second kappa shape index (κ2) is 5.01. The van der Waals surface area contributed by atoms with Gasteiger partial charge in [-0.25, -0.2) is 4.39 Å². The van der Waals surface area contributed by atoms with Gasteiger partial charge in [0.2, 0.25) is 0 Å². The van der Waals surface area contributed by atoms with Gasteiger partial charge in [-0.1, -0.05) is 11.3 Å². The van der Waals surface area contributed by atoms with Gasteiger partial charge in [-0.3, -0.25) is 9.59 Å². The highest BCUT2D eigenvalue weighted by atomic mass is 32.1. The molecule has 1 amide bonds. The molecular formula is C11H10FN3O2S. The summed E-state index contributed by atoms with van der Waals surface area (Å²) in [5.74, 6) is -1.06. The summed E-state index contributed by atoms with van der Waals surface area (Å²) in [6, 6.07) is 3.84. The van der Waals surface area contributed by atoms with Gasteiger partial charge in [0.25, 0.3) is 5.91 Å². The molecule has 7 heteroatoms. The molecular weight excluding hydrogens is 257 g/mol. The summed E-state index contributed by atoms with van der Waals surface area (Å²) >= 11 is 1.02. The Kier molecular flexibility index (Phi) is 3.42. The number of halogens is 1. The topological polar surface area (TPSA) is 88.0 Å². The molecule has 0 aliphatic rings. The van der Waals surface area contributed by atoms with Gasteiger partial charge in [0, 0.05) is 16.6 Å². The van der Waals surface area contributed by atoms with Crippen LogP contribution in [0.5, 0.6) is 0 Å². The van der Waals surface area contributed by atoms with Crippen LogP contribution in [0.3, 0.4) is 0 Å². The van der Waals surface area contributed by atoms with Crippen LogP contribution < -0.4 is 15.9 Å². The molecule has 0 radical (unpaired) electrons. The molecule has 1 aromatic heterocycles. The molecule has 0 aliphatic carbocycles. The van der Waals surface area contributed by atoms with Crippen LogP contribution in [0, 0.1) is 5.82 Å². The number of benzene rings is 1. The van der Waals surface area contributed by atoms with Gasteiger partial charge in [0.15, 0.2) is 0 Å². The van der Waals surface area contributed by atoms with E-state index in [1.807, 2.05) is 0 Å². The molecule has 0 saturated carbocycles. The summed E-state index contributed by atoms with van der Waals surface area (Å²) in [4.78, 5) is 24.9. The Balaban J connectivity index is 2.03. The van der Waals surface area contributed by atoms with Crippen molar-refractivity contribution in [1.29, 1.82) is 0 Å². The lowest BCUT2D eigenvalue weighted by atomic mass is 10.2. The van der Waals surface area contributed by atoms with E-state index < -0.39 is 11.7 Å². The van der Waals surface area contributed by atoms with E-state index in [0.717, 1.165) is 17.4 Å². The number of rotatable bonds is 3. The number of hydrogen-bond acceptors (Lipinski definition) is 4. The normalized spacial score (nSPS) is 10.3. The van der Waals surface area contributed by atoms with Crippen LogP contribution in [0.2, 0.25) is 0 Å². The third-order valence-corrected chi connectivity index (χ3v) is 2.99. The lowest BCUT2D eigenvalue weighted by Crippen LogP contribution is -2.23. The molecule has 1 heterocycles. The molecule has 1 aromatic carbocycles. The van der Waals surface area contributed by atoms with Gasteiger partial charge in [-0.05, 0) is 18.2 Å². The highest BCUT2D eigenvalue weighted by Crippen LogP contribution is 2.11. The van der Waals surface area contributed by atoms with E-state index in [9.17, 15) is 14.0 Å². The third kappa shape index (κ3) is 2.75. The van der Waals surface area contributed by atoms with Crippen LogP contribution in [0.1, 0.15) is 16.1 Å². The minimum Gasteiger partial charge on any atom is -0.396 e. The van der Waals surface area contributed by atoms with Crippen molar-refractivity contribution in [1.82, 2.24) is 10.3 Å². The van der Waals surface area contributed by atoms with E-state index >= 15 is 0 Å². The van der Waals surface area contributed by atoms with Crippen LogP contribution in [-0.2, 0) is 6.54 Å². The fourth-order valence-electron chi connectivity index (χ4n) is 1.35. The van der Waals surface area contributed by atoms with Gasteiger partial charge in [0.05, 0.1) is 12.2 Å². The number of nitrogens with two attached hydrogens (primary N) is 1. The number of nitrogens with one attached hydrogen (secondary N) is 2. The summed E-state index contributed by atoms with van der Waals surface area (Å²) in [6.07, 6.45) is 0. The number of aromatic nitrogens is 1. The van der Waals surface area contributed by atoms with Crippen LogP contribution in [-0.4, -0.2) is 10.9 Å². The number of hydrogen-bond donors (Lipinski definition) is 3. The first-order chi connectivity index (χ1) is 8.56. The van der Waals surface area contributed by atoms with E-state index in [1.165, 1.54) is 12.1 Å². The lowest BCUT2D eigenvalue weighted by molar-refractivity contribution is 0.0950. The predicted molar refractivity (Wildman–Crippen MR) is 66.9 cm³/mol. The number of thiazole rings is 1. The molecule has 18 heavy (non-hydrogen) atoms. The van der Waals surface area contributed by atoms with Gasteiger partial charge in [-0.15, -0.1) is 0 Å². The summed E-state index contributed by atoms with van der Waals surface area (Å²) in [5.41, 5.74) is 6.09. The number of carbonyl (C=O) groups excluding carboxylic acids is 1. The summed E-state index contributed by atoms with van der Waals surface area (Å²) < 4.78 is 13.2. The van der Waals surface area contributed by atoms with Crippen molar-refractivity contribution in [3.63, 3.8) is 0 Å². The van der Waals surface area contributed by atoms with E-state index in [2.05, 4.69) is 10.3 Å². The molecule has 4 N–H and O–H groups in total. The number of anilines is 1. The van der Waals surface area contributed by atoms with E-state index in [1.54, 1.807) is 5.38 Å². The van der Waals surface area contributed by atoms with Crippen LogP contribution in [0.15, 0.2) is 28.4 Å². The van der Waals surface area contributed by atoms with Crippen molar-refractivity contribution in [2.24, 2.45) is 0 Å². The molecule has 5 nitrogen and oxygen atoms in total. The van der Waals surface area contributed by atoms with Gasteiger partial charge >= 0.3 is 4.87 Å². The maximum Gasteiger partial charge on any atom is 0.304 e. The smallest absolute Gasteiger partial charge is 0.304 e. The molecule has 0 aliphatic heterocycles. The van der Waals surface area contributed by atoms with Crippen molar-refractivity contribution >= 4 is 22.9 Å². The fraction of sp³-hybridized carbons (Fsp3) is 0.0909. The minimum absolute atomic E-state index is 0.00582. The van der Waals surface area contributed by atoms with Crippen molar-refractivity contribution in [2.45, 2.75) is 6.54 Å². The zero-order chi connectivity index (χ0) is 13.1. The molecule has 0 bridgehead atoms. The zero-order valence-electron chi connectivity index (χ0n) is 9.20. The van der Waals surface area contributed by atoms with E-state index in [4.69, 9.17) is 5.73 Å². The van der Waals surface area contributed by atoms with E-state index in [0.29, 0.717) is 5.69 Å². The number of carbonyl (C=O) groups is 1. The van der Waals surface area contributed by atoms with Gasteiger partial charge in [0.1, 0.15) is 5.82 Å². The quantitative estimate of drug-likeness (QED) is 0.727. The first kappa shape index (κ1) is 12.3. The molecule has 0 atom stereocenters. The monoisotopic (exact) mass is 267 g/mol. The molecule has 2 aromatic rings. The van der Waals surface area contributed by atoms with Crippen molar-refractivity contribution < 1.29 is 9.18 Å². The summed E-state index contributed by atoms with van der Waals surface area (Å²) in [6.45, 7) is 0.184. The number of aromatic amines is 1. The maximum absolute atomic E-state index is 13.2. The van der Waals surface area contributed by atoms with Gasteiger partial charge in [-0.2, -0.15) is 0 Å². The molecule has 0 saturated heterocycles. The second-order valence-electron chi connectivity index (χ2n) is 3.59. The zero-order valence-corrected chi connectivity index (χ0v) is 10.0. The Morgan fingerprint density at radius 1 is 1.50 bits per heavy atom. The first-order valence-electron chi connectivity index (χ1n) is 5.06. The standard InChI is InChI=1S/C11H10FN3O2S/c12-8-3-6(1-2-9(8)13)10(16)14-4-7-5-18-11(17)15-7/h1-3,5H,4,13H2,(H,14,16)(H,15,17). The lowest BCUT2D eigenvalue weighted by Gasteiger charge is -2.04. The SMILES string of the molecule is Nc1ccc(C(=O)NCc2csc(=O)[nH]2)cc1F. The first-order valence-corrected chi connectivity index (χ1v) is 5.94. The fourth-order valence-corrected chi connectivity index (χ4v) is 1.93. The Labute approximate surface area is 105 Å². The molecule has 0 spiro atoms.